The van der Waals surface area contributed by atoms with Gasteiger partial charge in [-0.3, -0.25) is 0 Å². The lowest BCUT2D eigenvalue weighted by atomic mass is 10.1. The van der Waals surface area contributed by atoms with Crippen LogP contribution in [0, 0.1) is 0 Å². The summed E-state index contributed by atoms with van der Waals surface area (Å²) in [6.07, 6.45) is 7.69. The first-order valence-corrected chi connectivity index (χ1v) is 9.93. The van der Waals surface area contributed by atoms with Crippen molar-refractivity contribution >= 4 is 11.8 Å². The first kappa shape index (κ1) is 21.4. The Hall–Kier alpha value is -0.680. The van der Waals surface area contributed by atoms with Crippen LogP contribution in [0.4, 0.5) is 13.2 Å². The summed E-state index contributed by atoms with van der Waals surface area (Å²) in [6, 6.07) is 5.43. The van der Waals surface area contributed by atoms with E-state index in [1.54, 1.807) is 23.9 Å². The van der Waals surface area contributed by atoms with E-state index in [0.717, 1.165) is 42.0 Å². The third-order valence-electron chi connectivity index (χ3n) is 4.00. The molecule has 0 aliphatic heterocycles. The molecule has 1 aromatic rings. The van der Waals surface area contributed by atoms with Crippen molar-refractivity contribution in [3.63, 3.8) is 0 Å². The molecule has 0 aliphatic carbocycles. The van der Waals surface area contributed by atoms with Gasteiger partial charge in [-0.05, 0) is 42.9 Å². The predicted molar refractivity (Wildman–Crippen MR) is 95.4 cm³/mol. The van der Waals surface area contributed by atoms with Gasteiger partial charge in [0.25, 0.3) is 0 Å². The van der Waals surface area contributed by atoms with E-state index in [0.29, 0.717) is 6.61 Å². The molecule has 0 saturated heterocycles. The normalized spacial score (nSPS) is 11.8. The van der Waals surface area contributed by atoms with Gasteiger partial charge in [-0.2, -0.15) is 13.2 Å². The largest absolute Gasteiger partial charge is 0.416 e. The van der Waals surface area contributed by atoms with Crippen LogP contribution in [0.15, 0.2) is 29.2 Å². The van der Waals surface area contributed by atoms with Crippen molar-refractivity contribution in [3.05, 3.63) is 29.8 Å². The van der Waals surface area contributed by atoms with E-state index in [9.17, 15) is 13.2 Å². The van der Waals surface area contributed by atoms with E-state index in [-0.39, 0.29) is 0 Å². The van der Waals surface area contributed by atoms with Gasteiger partial charge < -0.3 is 5.11 Å². The fourth-order valence-electron chi connectivity index (χ4n) is 2.56. The maximum atomic E-state index is 12.5. The highest BCUT2D eigenvalue weighted by atomic mass is 32.2. The Morgan fingerprint density at radius 2 is 1.17 bits per heavy atom. The first-order chi connectivity index (χ1) is 11.5. The highest BCUT2D eigenvalue weighted by Gasteiger charge is 2.29. The van der Waals surface area contributed by atoms with Gasteiger partial charge in [-0.25, -0.2) is 0 Å². The van der Waals surface area contributed by atoms with Gasteiger partial charge in [0.1, 0.15) is 0 Å². The summed E-state index contributed by atoms with van der Waals surface area (Å²) < 4.78 is 37.4. The zero-order valence-corrected chi connectivity index (χ0v) is 15.1. The summed E-state index contributed by atoms with van der Waals surface area (Å²) in [6.45, 7) is 0.310. The number of thioether (sulfide) groups is 1. The number of benzene rings is 1. The average Bonchev–Trinajstić information content (AvgIpc) is 2.55. The van der Waals surface area contributed by atoms with Gasteiger partial charge in [0, 0.05) is 11.5 Å². The number of aliphatic hydroxyl groups is 1. The van der Waals surface area contributed by atoms with Crippen LogP contribution in [0.1, 0.15) is 69.8 Å². The second-order valence-corrected chi connectivity index (χ2v) is 7.30. The van der Waals surface area contributed by atoms with Crippen LogP contribution in [0.25, 0.3) is 0 Å². The number of aliphatic hydroxyl groups excluding tert-OH is 1. The molecule has 138 valence electrons. The maximum absolute atomic E-state index is 12.5. The van der Waals surface area contributed by atoms with E-state index < -0.39 is 11.7 Å². The molecule has 5 heteroatoms. The van der Waals surface area contributed by atoms with Crippen LogP contribution in [-0.2, 0) is 6.18 Å². The molecule has 1 aromatic carbocycles. The molecule has 0 spiro atoms. The second-order valence-electron chi connectivity index (χ2n) is 6.13. The Kier molecular flexibility index (Phi) is 11.3. The molecule has 0 atom stereocenters. The Morgan fingerprint density at radius 3 is 1.62 bits per heavy atom. The molecular weight excluding hydrogens is 333 g/mol. The minimum absolute atomic E-state index is 0.310. The third-order valence-corrected chi connectivity index (χ3v) is 5.10. The van der Waals surface area contributed by atoms with E-state index in [4.69, 9.17) is 5.11 Å². The first-order valence-electron chi connectivity index (χ1n) is 8.95. The fourth-order valence-corrected chi connectivity index (χ4v) is 3.47. The van der Waals surface area contributed by atoms with E-state index in [1.807, 2.05) is 0 Å². The Balaban J connectivity index is 1.95. The summed E-state index contributed by atoms with van der Waals surface area (Å²) >= 11 is 1.63. The van der Waals surface area contributed by atoms with E-state index in [1.165, 1.54) is 44.9 Å². The van der Waals surface area contributed by atoms with Crippen LogP contribution in [0.2, 0.25) is 0 Å². The van der Waals surface area contributed by atoms with E-state index >= 15 is 0 Å². The van der Waals surface area contributed by atoms with Crippen LogP contribution in [-0.4, -0.2) is 17.5 Å². The number of alkyl halides is 3. The Morgan fingerprint density at radius 1 is 0.708 bits per heavy atom. The van der Waals surface area contributed by atoms with E-state index in [2.05, 4.69) is 0 Å². The number of hydrogen-bond acceptors (Lipinski definition) is 2. The maximum Gasteiger partial charge on any atom is 0.416 e. The standard InChI is InChI=1S/C19H29F3OS/c20-19(21,22)17-11-13-18(14-12-17)24-16-10-8-6-4-2-1-3-5-7-9-15-23/h11-14,23H,1-10,15-16H2. The molecular formula is C19H29F3OS. The molecule has 0 heterocycles. The van der Waals surface area contributed by atoms with Crippen molar-refractivity contribution in [2.75, 3.05) is 12.4 Å². The number of unbranched alkanes of at least 4 members (excludes halogenated alkanes) is 9. The van der Waals surface area contributed by atoms with Crippen LogP contribution in [0.3, 0.4) is 0 Å². The molecule has 24 heavy (non-hydrogen) atoms. The van der Waals surface area contributed by atoms with Gasteiger partial charge in [0.15, 0.2) is 0 Å². The number of halogens is 3. The van der Waals surface area contributed by atoms with Gasteiger partial charge in [0.05, 0.1) is 5.56 Å². The van der Waals surface area contributed by atoms with Crippen molar-refractivity contribution in [2.45, 2.75) is 75.3 Å². The summed E-state index contributed by atoms with van der Waals surface area (Å²) in [5.74, 6) is 0.965. The van der Waals surface area contributed by atoms with Crippen molar-refractivity contribution in [3.8, 4) is 0 Å². The van der Waals surface area contributed by atoms with Gasteiger partial charge in [0.2, 0.25) is 0 Å². The molecule has 0 saturated carbocycles. The van der Waals surface area contributed by atoms with Crippen LogP contribution < -0.4 is 0 Å². The lowest BCUT2D eigenvalue weighted by molar-refractivity contribution is -0.137. The Bertz CT molecular complexity index is 418. The second kappa shape index (κ2) is 12.6. The minimum atomic E-state index is -4.25. The van der Waals surface area contributed by atoms with Crippen molar-refractivity contribution < 1.29 is 18.3 Å². The van der Waals surface area contributed by atoms with Crippen molar-refractivity contribution in [1.29, 1.82) is 0 Å². The zero-order valence-electron chi connectivity index (χ0n) is 14.3. The monoisotopic (exact) mass is 362 g/mol. The van der Waals surface area contributed by atoms with Crippen LogP contribution in [0.5, 0.6) is 0 Å². The molecule has 0 unspecified atom stereocenters. The SMILES string of the molecule is OCCCCCCCCCCCCSc1ccc(C(F)(F)F)cc1. The third kappa shape index (κ3) is 10.2. The predicted octanol–water partition coefficient (Wildman–Crippen LogP) is 6.69. The highest BCUT2D eigenvalue weighted by molar-refractivity contribution is 7.99. The molecule has 0 fully saturated rings. The molecule has 1 nitrogen and oxygen atoms in total. The number of hydrogen-bond donors (Lipinski definition) is 1. The molecule has 1 N–H and O–H groups in total. The Labute approximate surface area is 148 Å². The quantitative estimate of drug-likeness (QED) is 0.311. The van der Waals surface area contributed by atoms with Crippen molar-refractivity contribution in [1.82, 2.24) is 0 Å². The molecule has 0 amide bonds. The summed E-state index contributed by atoms with van der Waals surface area (Å²) in [5.41, 5.74) is -0.580. The molecule has 0 aromatic heterocycles. The smallest absolute Gasteiger partial charge is 0.396 e. The lowest BCUT2D eigenvalue weighted by Gasteiger charge is -2.07. The molecule has 0 aliphatic rings. The average molecular weight is 363 g/mol. The van der Waals surface area contributed by atoms with Gasteiger partial charge in [-0.1, -0.05) is 51.4 Å². The van der Waals surface area contributed by atoms with Crippen LogP contribution >= 0.6 is 11.8 Å². The minimum Gasteiger partial charge on any atom is -0.396 e. The summed E-state index contributed by atoms with van der Waals surface area (Å²) in [4.78, 5) is 0.908. The molecule has 0 bridgehead atoms. The topological polar surface area (TPSA) is 20.2 Å². The van der Waals surface area contributed by atoms with Gasteiger partial charge in [-0.15, -0.1) is 11.8 Å². The fraction of sp³-hybridized carbons (Fsp3) is 0.684. The highest BCUT2D eigenvalue weighted by Crippen LogP contribution is 2.30. The lowest BCUT2D eigenvalue weighted by Crippen LogP contribution is -2.03. The summed E-state index contributed by atoms with van der Waals surface area (Å²) in [5, 5.41) is 8.68. The van der Waals surface area contributed by atoms with Crippen molar-refractivity contribution in [2.24, 2.45) is 0 Å². The summed E-state index contributed by atoms with van der Waals surface area (Å²) in [7, 11) is 0. The molecule has 0 radical (unpaired) electrons. The molecule has 1 rings (SSSR count). The number of rotatable bonds is 13. The van der Waals surface area contributed by atoms with Gasteiger partial charge >= 0.3 is 6.18 Å². The zero-order chi connectivity index (χ0) is 17.7.